The molecule has 0 saturated heterocycles. The fourth-order valence-electron chi connectivity index (χ4n) is 1.74. The van der Waals surface area contributed by atoms with Crippen molar-refractivity contribution in [2.45, 2.75) is 11.3 Å². The Morgan fingerprint density at radius 2 is 2.33 bits per heavy atom. The quantitative estimate of drug-likeness (QED) is 0.784. The van der Waals surface area contributed by atoms with Crippen molar-refractivity contribution in [1.29, 1.82) is 0 Å². The monoisotopic (exact) mass is 223 g/mol. The maximum Gasteiger partial charge on any atom is 0.147 e. The first-order chi connectivity index (χ1) is 7.27. The molecule has 3 nitrogen and oxygen atoms in total. The highest BCUT2D eigenvalue weighted by Crippen LogP contribution is 2.33. The maximum absolute atomic E-state index is 5.58. The lowest BCUT2D eigenvalue weighted by molar-refractivity contribution is 0.409. The summed E-state index contributed by atoms with van der Waals surface area (Å²) in [7, 11) is 1.65. The Balaban J connectivity index is 2.71. The van der Waals surface area contributed by atoms with Crippen molar-refractivity contribution in [1.82, 2.24) is 0 Å². The Morgan fingerprint density at radius 1 is 1.53 bits per heavy atom. The predicted octanol–water partition coefficient (Wildman–Crippen LogP) is 2.23. The van der Waals surface area contributed by atoms with Gasteiger partial charge in [0.2, 0.25) is 0 Å². The number of fused-ring (bicyclic) bond motifs is 1. The Hall–Kier alpha value is -1.13. The van der Waals surface area contributed by atoms with E-state index in [-0.39, 0.29) is 0 Å². The van der Waals surface area contributed by atoms with E-state index in [1.807, 2.05) is 12.1 Å². The molecule has 0 aliphatic heterocycles. The van der Waals surface area contributed by atoms with Crippen LogP contribution in [0, 0.1) is 0 Å². The summed E-state index contributed by atoms with van der Waals surface area (Å²) in [4.78, 5) is 0.785. The highest BCUT2D eigenvalue weighted by atomic mass is 32.1. The van der Waals surface area contributed by atoms with E-state index in [1.165, 1.54) is 0 Å². The zero-order valence-corrected chi connectivity index (χ0v) is 9.38. The summed E-state index contributed by atoms with van der Waals surface area (Å²) in [6, 6.07) is 3.78. The molecule has 2 rings (SSSR count). The van der Waals surface area contributed by atoms with Crippen LogP contribution in [0.4, 0.5) is 0 Å². The normalized spacial score (nSPS) is 10.9. The van der Waals surface area contributed by atoms with E-state index in [4.69, 9.17) is 14.9 Å². The molecule has 2 N–H and O–H groups in total. The van der Waals surface area contributed by atoms with E-state index in [0.29, 0.717) is 6.54 Å². The summed E-state index contributed by atoms with van der Waals surface area (Å²) in [6.07, 6.45) is 2.43. The largest absolute Gasteiger partial charge is 0.496 e. The lowest BCUT2D eigenvalue weighted by Gasteiger charge is -2.09. The van der Waals surface area contributed by atoms with Crippen LogP contribution in [-0.4, -0.2) is 13.7 Å². The molecule has 2 aromatic rings. The first-order valence-corrected chi connectivity index (χ1v) is 5.18. The minimum absolute atomic E-state index is 0.586. The van der Waals surface area contributed by atoms with E-state index in [9.17, 15) is 0 Å². The lowest BCUT2D eigenvalue weighted by atomic mass is 10.1. The molecular weight excluding hydrogens is 210 g/mol. The second-order valence-electron chi connectivity index (χ2n) is 3.28. The number of hydrogen-bond donors (Lipinski definition) is 2. The van der Waals surface area contributed by atoms with Crippen molar-refractivity contribution in [2.75, 3.05) is 13.7 Å². The van der Waals surface area contributed by atoms with Crippen LogP contribution in [0.25, 0.3) is 11.0 Å². The predicted molar refractivity (Wildman–Crippen MR) is 62.8 cm³/mol. The van der Waals surface area contributed by atoms with Gasteiger partial charge in [-0.25, -0.2) is 0 Å². The third-order valence-corrected chi connectivity index (χ3v) is 2.73. The van der Waals surface area contributed by atoms with Crippen LogP contribution >= 0.6 is 12.6 Å². The van der Waals surface area contributed by atoms with Crippen LogP contribution < -0.4 is 10.5 Å². The number of thiol groups is 1. The fourth-order valence-corrected chi connectivity index (χ4v) is 2.03. The Bertz CT molecular complexity index is 479. The molecule has 0 radical (unpaired) electrons. The molecule has 80 valence electrons. The number of hydrogen-bond acceptors (Lipinski definition) is 4. The summed E-state index contributed by atoms with van der Waals surface area (Å²) in [6.45, 7) is 0.586. The topological polar surface area (TPSA) is 48.4 Å². The SMILES string of the molecule is COc1cc(S)c2occc2c1CCN. The number of rotatable bonds is 3. The number of nitrogens with two attached hydrogens (primary N) is 1. The minimum atomic E-state index is 0.586. The Kier molecular flexibility index (Phi) is 2.88. The summed E-state index contributed by atoms with van der Waals surface area (Å²) in [5.74, 6) is 0.819. The zero-order valence-electron chi connectivity index (χ0n) is 8.49. The van der Waals surface area contributed by atoms with E-state index in [2.05, 4.69) is 12.6 Å². The summed E-state index contributed by atoms with van der Waals surface area (Å²) in [5, 5.41) is 1.03. The third kappa shape index (κ3) is 1.70. The van der Waals surface area contributed by atoms with Gasteiger partial charge in [0.05, 0.1) is 18.3 Å². The van der Waals surface area contributed by atoms with Crippen molar-refractivity contribution in [3.8, 4) is 5.75 Å². The number of benzene rings is 1. The molecule has 1 aromatic carbocycles. The average molecular weight is 223 g/mol. The van der Waals surface area contributed by atoms with Gasteiger partial charge >= 0.3 is 0 Å². The summed E-state index contributed by atoms with van der Waals surface area (Å²) >= 11 is 4.35. The highest BCUT2D eigenvalue weighted by Gasteiger charge is 2.12. The van der Waals surface area contributed by atoms with Crippen molar-refractivity contribution in [3.05, 3.63) is 24.0 Å². The Labute approximate surface area is 93.6 Å². The van der Waals surface area contributed by atoms with Crippen LogP contribution in [0.1, 0.15) is 5.56 Å². The number of methoxy groups -OCH3 is 1. The first-order valence-electron chi connectivity index (χ1n) is 4.74. The van der Waals surface area contributed by atoms with Gasteiger partial charge in [0.15, 0.2) is 0 Å². The van der Waals surface area contributed by atoms with Gasteiger partial charge in [0.25, 0.3) is 0 Å². The van der Waals surface area contributed by atoms with Crippen molar-refractivity contribution >= 4 is 23.6 Å². The van der Waals surface area contributed by atoms with Crippen LogP contribution in [0.2, 0.25) is 0 Å². The molecule has 0 bridgehead atoms. The van der Waals surface area contributed by atoms with E-state index in [1.54, 1.807) is 13.4 Å². The smallest absolute Gasteiger partial charge is 0.147 e. The molecule has 0 unspecified atom stereocenters. The van der Waals surface area contributed by atoms with Crippen LogP contribution in [0.5, 0.6) is 5.75 Å². The first kappa shape index (κ1) is 10.4. The van der Waals surface area contributed by atoms with Crippen LogP contribution in [0.15, 0.2) is 27.7 Å². The van der Waals surface area contributed by atoms with E-state index < -0.39 is 0 Å². The molecule has 15 heavy (non-hydrogen) atoms. The van der Waals surface area contributed by atoms with Crippen LogP contribution in [-0.2, 0) is 6.42 Å². The molecule has 0 aliphatic rings. The van der Waals surface area contributed by atoms with Crippen LogP contribution in [0.3, 0.4) is 0 Å². The Morgan fingerprint density at radius 3 is 3.00 bits per heavy atom. The zero-order chi connectivity index (χ0) is 10.8. The van der Waals surface area contributed by atoms with Gasteiger partial charge in [-0.05, 0) is 25.1 Å². The summed E-state index contributed by atoms with van der Waals surface area (Å²) < 4.78 is 10.7. The van der Waals surface area contributed by atoms with Gasteiger partial charge in [-0.2, -0.15) is 0 Å². The van der Waals surface area contributed by atoms with Gasteiger partial charge < -0.3 is 14.9 Å². The molecule has 0 fully saturated rings. The second kappa shape index (κ2) is 4.16. The molecule has 0 saturated carbocycles. The molecule has 4 heteroatoms. The van der Waals surface area contributed by atoms with E-state index >= 15 is 0 Å². The van der Waals surface area contributed by atoms with Gasteiger partial charge in [-0.1, -0.05) is 0 Å². The fraction of sp³-hybridized carbons (Fsp3) is 0.273. The molecule has 0 amide bonds. The second-order valence-corrected chi connectivity index (χ2v) is 3.76. The van der Waals surface area contributed by atoms with Crippen molar-refractivity contribution in [3.63, 3.8) is 0 Å². The third-order valence-electron chi connectivity index (χ3n) is 2.40. The molecule has 0 atom stereocenters. The minimum Gasteiger partial charge on any atom is -0.496 e. The van der Waals surface area contributed by atoms with Gasteiger partial charge in [-0.3, -0.25) is 0 Å². The maximum atomic E-state index is 5.58. The highest BCUT2D eigenvalue weighted by molar-refractivity contribution is 7.80. The lowest BCUT2D eigenvalue weighted by Crippen LogP contribution is -2.04. The standard InChI is InChI=1S/C11H13NO2S/c1-13-9-6-10(15)11-8(3-5-14-11)7(9)2-4-12/h3,5-6,15H,2,4,12H2,1H3. The van der Waals surface area contributed by atoms with Crippen molar-refractivity contribution < 1.29 is 9.15 Å². The summed E-state index contributed by atoms with van der Waals surface area (Å²) in [5.41, 5.74) is 7.46. The molecule has 1 heterocycles. The van der Waals surface area contributed by atoms with Gasteiger partial charge in [0, 0.05) is 10.9 Å². The molecule has 0 aliphatic carbocycles. The molecule has 1 aromatic heterocycles. The number of furan rings is 1. The van der Waals surface area contributed by atoms with Crippen molar-refractivity contribution in [2.24, 2.45) is 5.73 Å². The number of ether oxygens (including phenoxy) is 1. The molecular formula is C11H13NO2S. The van der Waals surface area contributed by atoms with E-state index in [0.717, 1.165) is 33.6 Å². The van der Waals surface area contributed by atoms with Gasteiger partial charge in [0.1, 0.15) is 11.3 Å². The average Bonchev–Trinajstić information content (AvgIpc) is 2.71. The molecule has 0 spiro atoms. The van der Waals surface area contributed by atoms with Gasteiger partial charge in [-0.15, -0.1) is 12.6 Å².